The number of hydrogen-bond acceptors (Lipinski definition) is 11. The Bertz CT molecular complexity index is 5290. The lowest BCUT2D eigenvalue weighted by Gasteiger charge is -2.16. The molecule has 9 aromatic rings. The van der Waals surface area contributed by atoms with Crippen molar-refractivity contribution in [2.45, 2.75) is 210 Å². The molecule has 634 valence electrons. The summed E-state index contributed by atoms with van der Waals surface area (Å²) in [6, 6.07) is 64.9. The van der Waals surface area contributed by atoms with E-state index in [1.807, 2.05) is 143 Å². The van der Waals surface area contributed by atoms with E-state index in [2.05, 4.69) is 103 Å². The molecule has 0 heterocycles. The van der Waals surface area contributed by atoms with Crippen LogP contribution in [0.15, 0.2) is 223 Å². The zero-order valence-electron chi connectivity index (χ0n) is 90.6. The summed E-state index contributed by atoms with van der Waals surface area (Å²) in [7, 11) is -6.13. The Balaban J connectivity index is 0.000000764. The van der Waals surface area contributed by atoms with E-state index < -0.39 is 69.6 Å². The average molecular weight is 1640 g/mol. The minimum Gasteiger partial charge on any atom is -0.497 e. The molecule has 0 atom stereocenters. The first-order valence-corrected chi connectivity index (χ1v) is 40.8. The van der Waals surface area contributed by atoms with Crippen LogP contribution in [0.25, 0.3) is 0 Å². The highest BCUT2D eigenvalue weighted by atomic mass is 32.2. The number of likely N-dealkylation sites (N-methyl/N-ethyl adjacent to an activating group) is 1. The highest BCUT2D eigenvalue weighted by molar-refractivity contribution is 7.90. The molecule has 9 aromatic carbocycles. The first kappa shape index (κ1) is 76.4. The summed E-state index contributed by atoms with van der Waals surface area (Å²) < 4.78 is 160. The van der Waals surface area contributed by atoms with Gasteiger partial charge in [0, 0.05) is 85.5 Å². The van der Waals surface area contributed by atoms with Crippen molar-refractivity contribution in [2.75, 3.05) is 61.8 Å². The Labute approximate surface area is 728 Å². The number of carboxylic acid groups (broad SMARTS) is 1. The van der Waals surface area contributed by atoms with Crippen LogP contribution in [0, 0.1) is 0 Å². The fourth-order valence-corrected chi connectivity index (χ4v) is 11.0. The van der Waals surface area contributed by atoms with E-state index in [1.165, 1.54) is 64.6 Å². The van der Waals surface area contributed by atoms with Crippen molar-refractivity contribution in [3.63, 3.8) is 0 Å². The van der Waals surface area contributed by atoms with Crippen molar-refractivity contribution in [1.82, 2.24) is 14.7 Å². The number of carboxylic acids is 1. The van der Waals surface area contributed by atoms with Gasteiger partial charge in [0.05, 0.1) is 40.2 Å². The van der Waals surface area contributed by atoms with Crippen molar-refractivity contribution in [1.29, 1.82) is 0 Å². The molecule has 0 saturated carbocycles. The summed E-state index contributed by atoms with van der Waals surface area (Å²) in [6.07, 6.45) is 1.33. The predicted octanol–water partition coefficient (Wildman–Crippen LogP) is 23.8. The van der Waals surface area contributed by atoms with Gasteiger partial charge in [-0.3, -0.25) is 33.6 Å². The molecule has 15 nitrogen and oxygen atoms in total. The molecule has 0 aromatic heterocycles. The molecule has 3 amide bonds. The van der Waals surface area contributed by atoms with E-state index in [4.69, 9.17) is 39.3 Å². The summed E-state index contributed by atoms with van der Waals surface area (Å²) in [5.41, 5.74) is 13.3. The quantitative estimate of drug-likeness (QED) is 0.0668. The normalized spacial score (nSPS) is 13.4. The Morgan fingerprint density at radius 1 is 0.350 bits per heavy atom. The number of carbonyl (C=O) groups excluding carboxylic acids is 6. The maximum absolute atomic E-state index is 12.2. The first-order valence-electron chi connectivity index (χ1n) is 47.9. The van der Waals surface area contributed by atoms with Crippen LogP contribution in [-0.2, 0) is 25.8 Å². The van der Waals surface area contributed by atoms with Gasteiger partial charge in [0.2, 0.25) is 0 Å². The number of carbonyl (C=O) groups is 7. The van der Waals surface area contributed by atoms with Crippen molar-refractivity contribution in [2.24, 2.45) is 0 Å². The summed E-state index contributed by atoms with van der Waals surface area (Å²) >= 11 is 0. The van der Waals surface area contributed by atoms with Crippen LogP contribution in [0.1, 0.15) is 331 Å². The van der Waals surface area contributed by atoms with Gasteiger partial charge in [-0.2, -0.15) is 0 Å². The number of hydrogen-bond donors (Lipinski definition) is 1. The molecule has 9 rings (SSSR count). The van der Waals surface area contributed by atoms with Crippen LogP contribution < -0.4 is 9.47 Å². The summed E-state index contributed by atoms with van der Waals surface area (Å²) in [5.74, 6) is 1.63. The van der Waals surface area contributed by atoms with E-state index in [0.29, 0.717) is 63.4 Å². The number of nitrogens with zero attached hydrogens (tertiary/aromatic N) is 3. The number of methoxy groups -OCH3 is 2. The van der Waals surface area contributed by atoms with E-state index in [-0.39, 0.29) is 69.0 Å². The van der Waals surface area contributed by atoms with Crippen LogP contribution in [0.4, 0.5) is 0 Å². The molecule has 16 heteroatoms. The Hall–Kier alpha value is -10.6. The van der Waals surface area contributed by atoms with Gasteiger partial charge in [0.15, 0.2) is 21.4 Å². The van der Waals surface area contributed by atoms with Gasteiger partial charge >= 0.3 is 5.97 Å². The third-order valence-electron chi connectivity index (χ3n) is 17.8. The standard InChI is InChI=1S/C14H19NO2.2C12H17NO.C11H14O2.2C11H14O.C10H14O2S.2C10H14O/c1-10(2)12-6-5-7-13(8-12)14(17)15(4)9-11(3)16;1-9(2)10-5-7-11(8-6-10)12(14)13(3)4;1-9(2)10-6-5-7-11(8-10)12(14)13(3)4;1-8(2)10-5-3-4-9(6-10)7-11(12)13;1-8(2)10-4-6-11(7-5-10)9(3)12;1-8(2)10-5-4-6-11(7-10)9(3)12;1-8(2)9-4-6-10(7-5-9)13(3,11)12;1-8(2)9-4-6-10(11-3)7-5-9;1-8(2)9-5-4-6-10(7-9)11-3/h5-8,10H,9H2,1-4H3;2*5-9H,1-4H3;3-6,8H,7H2,1-2H3,(H,12,13);2*4-8H,1-3H3;4-8H,1-3H3;2*4-8H,1-3H3/i;2*3D3,4D3;;;;;2*3D3. The van der Waals surface area contributed by atoms with Crippen molar-refractivity contribution in [3.8, 4) is 11.5 Å². The van der Waals surface area contributed by atoms with Gasteiger partial charge in [0.25, 0.3) is 17.7 Å². The number of amides is 3. The van der Waals surface area contributed by atoms with Crippen LogP contribution in [0.5, 0.6) is 11.5 Å². The van der Waals surface area contributed by atoms with E-state index in [9.17, 15) is 42.0 Å². The number of ether oxygens (including phenoxy) is 2. The minimum atomic E-state index is -3.05. The zero-order valence-corrected chi connectivity index (χ0v) is 73.4. The molecule has 0 aliphatic carbocycles. The molecule has 0 fully saturated rings. The third-order valence-corrected chi connectivity index (χ3v) is 19.0. The third kappa shape index (κ3) is 41.2. The Morgan fingerprint density at radius 3 is 1.01 bits per heavy atom. The van der Waals surface area contributed by atoms with Crippen molar-refractivity contribution < 1.29 is 81.2 Å². The SMILES string of the molecule is CC(=O)CN(C)C(=O)c1cccc(C(C)C)c1.CC(=O)c1ccc(C(C)C)cc1.CC(=O)c1cccc(C(C)C)c1.CC(C)c1ccc(S(C)(=O)=O)cc1.CC(C)c1cccc(CC(=O)O)c1.[2H]C([2H])([2H])N(C(=O)c1ccc(C(C)C)cc1)C([2H])([2H])[2H].[2H]C([2H])([2H])N(C(=O)c1cccc(C(C)C)c1)C([2H])([2H])[2H].[2H]C([2H])([2H])Oc1ccc(C(C)C)cc1.[2H]C([2H])([2H])Oc1cccc(C(C)C)c1. The monoisotopic (exact) mass is 1630 g/mol. The number of sulfone groups is 1. The van der Waals surface area contributed by atoms with Crippen LogP contribution in [0.3, 0.4) is 0 Å². The number of benzene rings is 9. The minimum absolute atomic E-state index is 0.0131. The fraction of sp³-hybridized carbons (Fsp3) is 0.396. The molecule has 1 N–H and O–H groups in total. The summed E-state index contributed by atoms with van der Waals surface area (Å²) in [5, 5.41) is 8.60. The largest absolute Gasteiger partial charge is 0.497 e. The summed E-state index contributed by atoms with van der Waals surface area (Å²) in [4.78, 5) is 81.5. The lowest BCUT2D eigenvalue weighted by atomic mass is 10.00. The van der Waals surface area contributed by atoms with Crippen molar-refractivity contribution in [3.05, 3.63) is 302 Å². The molecule has 0 aliphatic heterocycles. The van der Waals surface area contributed by atoms with Gasteiger partial charge in [-0.25, -0.2) is 8.42 Å². The molecular formula is C101H137N3O12S. The van der Waals surface area contributed by atoms with Gasteiger partial charge in [0.1, 0.15) is 17.3 Å². The highest BCUT2D eigenvalue weighted by Gasteiger charge is 2.16. The Morgan fingerprint density at radius 2 is 0.658 bits per heavy atom. The second kappa shape index (κ2) is 53.6. The molecule has 117 heavy (non-hydrogen) atoms. The topological polar surface area (TPSA) is 202 Å². The molecule has 0 saturated heterocycles. The van der Waals surface area contributed by atoms with Gasteiger partial charge in [-0.05, 0) is 209 Å². The fourth-order valence-electron chi connectivity index (χ4n) is 10.4. The van der Waals surface area contributed by atoms with Gasteiger partial charge in [-0.1, -0.05) is 264 Å². The molecule has 0 unspecified atom stereocenters. The van der Waals surface area contributed by atoms with Crippen molar-refractivity contribution >= 4 is 50.9 Å². The maximum atomic E-state index is 12.2. The second-order valence-corrected chi connectivity index (χ2v) is 32.8. The molecule has 0 aliphatic rings. The van der Waals surface area contributed by atoms with Gasteiger partial charge in [-0.15, -0.1) is 0 Å². The maximum Gasteiger partial charge on any atom is 0.307 e. The molecule has 0 spiro atoms. The number of ketones is 3. The number of aliphatic carboxylic acids is 1. The number of Topliss-reactive ketones (excluding diaryl/α,β-unsaturated/α-hetero) is 3. The highest BCUT2D eigenvalue weighted by Crippen LogP contribution is 2.25. The van der Waals surface area contributed by atoms with E-state index in [0.717, 1.165) is 44.5 Å². The lowest BCUT2D eigenvalue weighted by molar-refractivity contribution is -0.136. The smallest absolute Gasteiger partial charge is 0.307 e. The molecule has 0 radical (unpaired) electrons. The zero-order chi connectivity index (χ0) is 104. The van der Waals surface area contributed by atoms with Gasteiger partial charge < -0.3 is 29.3 Å². The Kier molecular flexibility index (Phi) is 35.0. The second-order valence-electron chi connectivity index (χ2n) is 30.8. The molecular weight excluding hydrogens is 1480 g/mol. The average Bonchev–Trinajstić information content (AvgIpc) is 0.797. The van der Waals surface area contributed by atoms with Crippen LogP contribution in [0.2, 0.25) is 0 Å². The summed E-state index contributed by atoms with van der Waals surface area (Å²) in [6.45, 7) is 29.9. The molecule has 0 bridgehead atoms. The van der Waals surface area contributed by atoms with Crippen LogP contribution in [-0.4, -0.2) is 131 Å². The van der Waals surface area contributed by atoms with E-state index in [1.54, 1.807) is 93.7 Å². The lowest BCUT2D eigenvalue weighted by Crippen LogP contribution is -2.31. The van der Waals surface area contributed by atoms with E-state index >= 15 is 0 Å². The van der Waals surface area contributed by atoms with Crippen LogP contribution >= 0.6 is 0 Å². The first-order chi connectivity index (χ1) is 61.8. The number of rotatable bonds is 21. The predicted molar refractivity (Wildman–Crippen MR) is 486 cm³/mol.